The first-order valence-electron chi connectivity index (χ1n) is 8.47. The van der Waals surface area contributed by atoms with Gasteiger partial charge in [-0.05, 0) is 19.4 Å². The van der Waals surface area contributed by atoms with E-state index in [4.69, 9.17) is 0 Å². The van der Waals surface area contributed by atoms with Crippen molar-refractivity contribution in [2.45, 2.75) is 33.0 Å². The van der Waals surface area contributed by atoms with Gasteiger partial charge in [-0.15, -0.1) is 0 Å². The van der Waals surface area contributed by atoms with Crippen LogP contribution in [0.5, 0.6) is 0 Å². The van der Waals surface area contributed by atoms with E-state index in [0.717, 1.165) is 5.56 Å². The highest BCUT2D eigenvalue weighted by atomic mass is 16.2. The second-order valence-corrected chi connectivity index (χ2v) is 6.22. The Hall–Kier alpha value is -3.16. The fraction of sp³-hybridized carbons (Fsp3) is 0.333. The van der Waals surface area contributed by atoms with Crippen molar-refractivity contribution in [3.8, 4) is 0 Å². The van der Waals surface area contributed by atoms with Gasteiger partial charge in [0.05, 0.1) is 12.9 Å². The molecule has 3 aromatic rings. The van der Waals surface area contributed by atoms with E-state index >= 15 is 0 Å². The first-order chi connectivity index (χ1) is 12.5. The van der Waals surface area contributed by atoms with Gasteiger partial charge in [0.25, 0.3) is 0 Å². The summed E-state index contributed by atoms with van der Waals surface area (Å²) in [5, 5.41) is 7.04. The molecule has 26 heavy (non-hydrogen) atoms. The predicted octanol–water partition coefficient (Wildman–Crippen LogP) is 0.975. The van der Waals surface area contributed by atoms with Crippen LogP contribution in [0.4, 0.5) is 0 Å². The number of nitrogens with zero attached hydrogens (tertiary/aromatic N) is 5. The molecule has 136 valence electrons. The molecule has 1 unspecified atom stereocenters. The summed E-state index contributed by atoms with van der Waals surface area (Å²) in [6.07, 6.45) is 5.24. The van der Waals surface area contributed by atoms with Crippen LogP contribution in [-0.2, 0) is 17.9 Å². The Bertz CT molecular complexity index is 911. The number of nitrogens with one attached hydrogen (secondary N) is 1. The van der Waals surface area contributed by atoms with Crippen molar-refractivity contribution in [3.63, 3.8) is 0 Å². The molecule has 8 heteroatoms. The molecule has 0 aliphatic heterocycles. The van der Waals surface area contributed by atoms with Gasteiger partial charge in [-0.1, -0.05) is 30.3 Å². The number of hydrogen-bond acceptors (Lipinski definition) is 4. The van der Waals surface area contributed by atoms with Gasteiger partial charge in [0.2, 0.25) is 5.91 Å². The number of hydrogen-bond donors (Lipinski definition) is 1. The summed E-state index contributed by atoms with van der Waals surface area (Å²) in [4.78, 5) is 28.7. The molecule has 0 spiro atoms. The van der Waals surface area contributed by atoms with Gasteiger partial charge < -0.3 is 9.88 Å². The van der Waals surface area contributed by atoms with E-state index in [-0.39, 0.29) is 24.2 Å². The average Bonchev–Trinajstić information content (AvgIpc) is 3.26. The minimum Gasteiger partial charge on any atom is -0.352 e. The molecule has 2 heterocycles. The number of rotatable bonds is 7. The third kappa shape index (κ3) is 4.08. The summed E-state index contributed by atoms with van der Waals surface area (Å²) >= 11 is 0. The quantitative estimate of drug-likeness (QED) is 0.685. The predicted molar refractivity (Wildman–Crippen MR) is 96.7 cm³/mol. The number of carbonyl (C=O) groups is 1. The van der Waals surface area contributed by atoms with Crippen LogP contribution in [0.2, 0.25) is 0 Å². The summed E-state index contributed by atoms with van der Waals surface area (Å²) in [7, 11) is 0. The van der Waals surface area contributed by atoms with Crippen LogP contribution >= 0.6 is 0 Å². The summed E-state index contributed by atoms with van der Waals surface area (Å²) in [5.41, 5.74) is 0.722. The van der Waals surface area contributed by atoms with Crippen molar-refractivity contribution in [2.24, 2.45) is 0 Å². The number of aryl methyl sites for hydroxylation is 1. The Balaban J connectivity index is 1.62. The van der Waals surface area contributed by atoms with Gasteiger partial charge in [-0.3, -0.25) is 9.36 Å². The zero-order chi connectivity index (χ0) is 18.5. The minimum atomic E-state index is -0.288. The first-order valence-corrected chi connectivity index (χ1v) is 8.47. The molecule has 3 rings (SSSR count). The largest absolute Gasteiger partial charge is 0.352 e. The van der Waals surface area contributed by atoms with Crippen LogP contribution in [0.25, 0.3) is 0 Å². The molecule has 0 aliphatic rings. The number of benzene rings is 1. The lowest BCUT2D eigenvalue weighted by Gasteiger charge is -2.13. The summed E-state index contributed by atoms with van der Waals surface area (Å²) in [5.74, 6) is 0.335. The maximum Gasteiger partial charge on any atom is 0.346 e. The van der Waals surface area contributed by atoms with Crippen LogP contribution in [0.1, 0.15) is 24.4 Å². The molecular formula is C18H22N6O2. The SMILES string of the molecule is Cc1nn(CC(=O)NCC(C)n2ccnc2)c(=O)n1Cc1ccccc1. The van der Waals surface area contributed by atoms with Crippen LogP contribution in [0.3, 0.4) is 0 Å². The van der Waals surface area contributed by atoms with Crippen molar-refractivity contribution < 1.29 is 4.79 Å². The molecule has 0 bridgehead atoms. The molecule has 0 saturated carbocycles. The molecule has 8 nitrogen and oxygen atoms in total. The van der Waals surface area contributed by atoms with Crippen LogP contribution in [0, 0.1) is 6.92 Å². The second-order valence-electron chi connectivity index (χ2n) is 6.22. The normalized spacial score (nSPS) is 12.1. The standard InChI is InChI=1S/C18H22N6O2/c1-14(22-9-8-19-13-22)10-20-17(25)12-24-18(26)23(15(2)21-24)11-16-6-4-3-5-7-16/h3-9,13-14H,10-12H2,1-2H3,(H,20,25). The minimum absolute atomic E-state index is 0.0792. The Morgan fingerprint density at radius 2 is 2.04 bits per heavy atom. The van der Waals surface area contributed by atoms with Gasteiger partial charge in [0, 0.05) is 25.0 Å². The average molecular weight is 354 g/mol. The van der Waals surface area contributed by atoms with E-state index in [1.165, 1.54) is 4.68 Å². The smallest absolute Gasteiger partial charge is 0.346 e. The van der Waals surface area contributed by atoms with E-state index in [0.29, 0.717) is 18.9 Å². The van der Waals surface area contributed by atoms with Gasteiger partial charge in [0.1, 0.15) is 12.4 Å². The molecule has 0 fully saturated rings. The van der Waals surface area contributed by atoms with Crippen molar-refractivity contribution in [2.75, 3.05) is 6.54 Å². The van der Waals surface area contributed by atoms with Crippen molar-refractivity contribution in [3.05, 3.63) is 70.9 Å². The maximum absolute atomic E-state index is 12.5. The molecular weight excluding hydrogens is 332 g/mol. The third-order valence-corrected chi connectivity index (χ3v) is 4.21. The zero-order valence-electron chi connectivity index (χ0n) is 14.9. The highest BCUT2D eigenvalue weighted by Crippen LogP contribution is 2.03. The van der Waals surface area contributed by atoms with Crippen molar-refractivity contribution >= 4 is 5.91 Å². The Morgan fingerprint density at radius 1 is 1.27 bits per heavy atom. The van der Waals surface area contributed by atoms with Crippen molar-refractivity contribution in [1.82, 2.24) is 29.2 Å². The maximum atomic E-state index is 12.5. The fourth-order valence-electron chi connectivity index (χ4n) is 2.69. The second kappa shape index (κ2) is 7.81. The highest BCUT2D eigenvalue weighted by molar-refractivity contribution is 5.75. The first kappa shape index (κ1) is 17.7. The molecule has 1 aromatic carbocycles. The summed E-state index contributed by atoms with van der Waals surface area (Å²) < 4.78 is 4.68. The van der Waals surface area contributed by atoms with E-state index in [1.54, 1.807) is 24.0 Å². The fourth-order valence-corrected chi connectivity index (χ4v) is 2.69. The zero-order valence-corrected chi connectivity index (χ0v) is 14.9. The van der Waals surface area contributed by atoms with E-state index in [1.807, 2.05) is 48.0 Å². The van der Waals surface area contributed by atoms with Gasteiger partial charge in [0.15, 0.2) is 0 Å². The molecule has 1 atom stereocenters. The Kier molecular flexibility index (Phi) is 5.31. The topological polar surface area (TPSA) is 86.7 Å². The molecule has 1 N–H and O–H groups in total. The molecule has 1 amide bonds. The summed E-state index contributed by atoms with van der Waals surface area (Å²) in [6, 6.07) is 9.76. The van der Waals surface area contributed by atoms with Crippen LogP contribution < -0.4 is 11.0 Å². The third-order valence-electron chi connectivity index (χ3n) is 4.21. The Morgan fingerprint density at radius 3 is 2.73 bits per heavy atom. The van der Waals surface area contributed by atoms with Crippen LogP contribution in [0.15, 0.2) is 53.8 Å². The van der Waals surface area contributed by atoms with Crippen molar-refractivity contribution in [1.29, 1.82) is 0 Å². The van der Waals surface area contributed by atoms with Gasteiger partial charge in [-0.25, -0.2) is 14.5 Å². The van der Waals surface area contributed by atoms with E-state index in [2.05, 4.69) is 15.4 Å². The molecule has 0 saturated heterocycles. The number of imidazole rings is 1. The lowest BCUT2D eigenvalue weighted by Crippen LogP contribution is -2.36. The van der Waals surface area contributed by atoms with Gasteiger partial charge >= 0.3 is 5.69 Å². The Labute approximate surface area is 151 Å². The number of carbonyl (C=O) groups excluding carboxylic acids is 1. The molecule has 0 aliphatic carbocycles. The summed E-state index contributed by atoms with van der Waals surface area (Å²) in [6.45, 7) is 4.53. The van der Waals surface area contributed by atoms with Crippen LogP contribution in [-0.4, -0.2) is 36.4 Å². The van der Waals surface area contributed by atoms with E-state index < -0.39 is 0 Å². The number of aromatic nitrogens is 5. The lowest BCUT2D eigenvalue weighted by molar-refractivity contribution is -0.122. The van der Waals surface area contributed by atoms with Gasteiger partial charge in [-0.2, -0.15) is 5.10 Å². The monoisotopic (exact) mass is 354 g/mol. The van der Waals surface area contributed by atoms with E-state index in [9.17, 15) is 9.59 Å². The molecule has 0 radical (unpaired) electrons. The highest BCUT2D eigenvalue weighted by Gasteiger charge is 2.14. The number of amides is 1. The lowest BCUT2D eigenvalue weighted by atomic mass is 10.2. The molecule has 2 aromatic heterocycles.